The van der Waals surface area contributed by atoms with Gasteiger partial charge in [0.15, 0.2) is 5.82 Å². The summed E-state index contributed by atoms with van der Waals surface area (Å²) in [5.41, 5.74) is 3.24. The largest absolute Gasteiger partial charge is 0.378 e. The van der Waals surface area contributed by atoms with Gasteiger partial charge in [-0.25, -0.2) is 4.98 Å². The lowest BCUT2D eigenvalue weighted by Crippen LogP contribution is -2.38. The second-order valence-electron chi connectivity index (χ2n) is 6.32. The molecule has 0 spiro atoms. The number of aromatic nitrogens is 1. The van der Waals surface area contributed by atoms with E-state index in [1.807, 2.05) is 24.3 Å². The first-order chi connectivity index (χ1) is 12.3. The van der Waals surface area contributed by atoms with E-state index in [0.29, 0.717) is 19.8 Å². The van der Waals surface area contributed by atoms with E-state index in [2.05, 4.69) is 32.2 Å². The number of fused-ring (bicyclic) bond motifs is 1. The van der Waals surface area contributed by atoms with E-state index in [-0.39, 0.29) is 5.91 Å². The van der Waals surface area contributed by atoms with Crippen LogP contribution >= 0.6 is 0 Å². The number of rotatable bonds is 4. The van der Waals surface area contributed by atoms with Crippen LogP contribution in [-0.4, -0.2) is 50.3 Å². The zero-order valence-corrected chi connectivity index (χ0v) is 14.1. The van der Waals surface area contributed by atoms with Crippen LogP contribution in [0.25, 0.3) is 0 Å². The fraction of sp³-hybridized carbons (Fsp3) is 0.368. The molecule has 2 aliphatic heterocycles. The number of para-hydroxylation sites is 1. The fourth-order valence-electron chi connectivity index (χ4n) is 3.46. The summed E-state index contributed by atoms with van der Waals surface area (Å²) in [5.74, 6) is 0.806. The maximum Gasteiger partial charge on any atom is 0.243 e. The molecule has 0 saturated carbocycles. The van der Waals surface area contributed by atoms with Gasteiger partial charge in [-0.05, 0) is 30.2 Å². The van der Waals surface area contributed by atoms with Crippen LogP contribution < -0.4 is 15.1 Å². The number of hydrogen-bond donors (Lipinski definition) is 1. The number of benzene rings is 1. The topological polar surface area (TPSA) is 57.7 Å². The molecule has 130 valence electrons. The number of morpholine rings is 1. The van der Waals surface area contributed by atoms with E-state index >= 15 is 0 Å². The number of carbonyl (C=O) groups excluding carboxylic acids is 1. The summed E-state index contributed by atoms with van der Waals surface area (Å²) in [6.45, 7) is 4.20. The van der Waals surface area contributed by atoms with Crippen LogP contribution in [0.3, 0.4) is 0 Å². The Morgan fingerprint density at radius 1 is 1.12 bits per heavy atom. The SMILES string of the molecule is O=C(CN1CCc2ccccc21)Nc1cccnc1N1CCOCC1. The second-order valence-corrected chi connectivity index (χ2v) is 6.32. The van der Waals surface area contributed by atoms with E-state index in [9.17, 15) is 4.79 Å². The predicted molar refractivity (Wildman–Crippen MR) is 98.3 cm³/mol. The van der Waals surface area contributed by atoms with E-state index in [0.717, 1.165) is 43.2 Å². The summed E-state index contributed by atoms with van der Waals surface area (Å²) < 4.78 is 5.40. The first kappa shape index (κ1) is 15.9. The molecular weight excluding hydrogens is 316 g/mol. The highest BCUT2D eigenvalue weighted by molar-refractivity contribution is 5.96. The molecule has 0 radical (unpaired) electrons. The zero-order chi connectivity index (χ0) is 17.1. The summed E-state index contributed by atoms with van der Waals surface area (Å²) in [5, 5.41) is 3.04. The Bertz CT molecular complexity index is 759. The first-order valence-corrected chi connectivity index (χ1v) is 8.72. The lowest BCUT2D eigenvalue weighted by Gasteiger charge is -2.29. The standard InChI is InChI=1S/C19H22N4O2/c24-18(14-23-9-7-15-4-1-2-6-17(15)23)21-16-5-3-8-20-19(16)22-10-12-25-13-11-22/h1-6,8H,7,9-14H2,(H,21,24). The molecule has 2 aromatic rings. The van der Waals surface area contributed by atoms with Crippen LogP contribution in [0.15, 0.2) is 42.6 Å². The quantitative estimate of drug-likeness (QED) is 0.923. The van der Waals surface area contributed by atoms with Gasteiger partial charge in [-0.3, -0.25) is 4.79 Å². The van der Waals surface area contributed by atoms with Crippen LogP contribution in [0, 0.1) is 0 Å². The van der Waals surface area contributed by atoms with Crippen molar-refractivity contribution in [3.8, 4) is 0 Å². The average Bonchev–Trinajstić information content (AvgIpc) is 3.06. The van der Waals surface area contributed by atoms with Gasteiger partial charge < -0.3 is 19.9 Å². The summed E-state index contributed by atoms with van der Waals surface area (Å²) in [6.07, 6.45) is 2.76. The fourth-order valence-corrected chi connectivity index (χ4v) is 3.46. The van der Waals surface area contributed by atoms with Gasteiger partial charge in [0.05, 0.1) is 25.4 Å². The van der Waals surface area contributed by atoms with Crippen molar-refractivity contribution in [3.63, 3.8) is 0 Å². The van der Waals surface area contributed by atoms with Crippen LogP contribution in [0.4, 0.5) is 17.2 Å². The molecule has 0 unspecified atom stereocenters. The summed E-state index contributed by atoms with van der Waals surface area (Å²) in [4.78, 5) is 21.3. The number of nitrogens with one attached hydrogen (secondary N) is 1. The highest BCUT2D eigenvalue weighted by Gasteiger charge is 2.22. The summed E-state index contributed by atoms with van der Waals surface area (Å²) in [6, 6.07) is 12.0. The van der Waals surface area contributed by atoms with E-state index < -0.39 is 0 Å². The van der Waals surface area contributed by atoms with Gasteiger partial charge in [0.25, 0.3) is 0 Å². The third-order valence-electron chi connectivity index (χ3n) is 4.69. The minimum absolute atomic E-state index is 0.0146. The zero-order valence-electron chi connectivity index (χ0n) is 14.1. The molecule has 1 N–H and O–H groups in total. The lowest BCUT2D eigenvalue weighted by atomic mass is 10.2. The van der Waals surface area contributed by atoms with Gasteiger partial charge >= 0.3 is 0 Å². The normalized spacial score (nSPS) is 16.6. The average molecular weight is 338 g/mol. The molecule has 1 amide bonds. The Morgan fingerprint density at radius 3 is 2.84 bits per heavy atom. The summed E-state index contributed by atoms with van der Waals surface area (Å²) >= 11 is 0. The molecule has 6 heteroatoms. The van der Waals surface area contributed by atoms with Crippen molar-refractivity contribution in [1.29, 1.82) is 0 Å². The number of nitrogens with zero attached hydrogens (tertiary/aromatic N) is 3. The van der Waals surface area contributed by atoms with Crippen LogP contribution in [0.1, 0.15) is 5.56 Å². The van der Waals surface area contributed by atoms with Gasteiger partial charge in [-0.15, -0.1) is 0 Å². The Hall–Kier alpha value is -2.60. The van der Waals surface area contributed by atoms with Crippen molar-refractivity contribution in [3.05, 3.63) is 48.2 Å². The smallest absolute Gasteiger partial charge is 0.243 e. The third kappa shape index (κ3) is 3.44. The Morgan fingerprint density at radius 2 is 1.96 bits per heavy atom. The van der Waals surface area contributed by atoms with Gasteiger partial charge in [-0.1, -0.05) is 18.2 Å². The molecule has 2 aliphatic rings. The molecule has 1 aromatic heterocycles. The van der Waals surface area contributed by atoms with Gasteiger partial charge in [-0.2, -0.15) is 0 Å². The molecule has 25 heavy (non-hydrogen) atoms. The van der Waals surface area contributed by atoms with E-state index in [4.69, 9.17) is 4.74 Å². The molecule has 3 heterocycles. The van der Waals surface area contributed by atoms with Crippen molar-refractivity contribution in [2.75, 3.05) is 54.5 Å². The third-order valence-corrected chi connectivity index (χ3v) is 4.69. The molecule has 1 saturated heterocycles. The van der Waals surface area contributed by atoms with Crippen molar-refractivity contribution < 1.29 is 9.53 Å². The van der Waals surface area contributed by atoms with E-state index in [1.54, 1.807) is 6.20 Å². The number of anilines is 3. The Balaban J connectivity index is 1.45. The minimum atomic E-state index is -0.0146. The maximum absolute atomic E-state index is 12.6. The number of pyridine rings is 1. The number of amides is 1. The number of ether oxygens (including phenoxy) is 1. The van der Waals surface area contributed by atoms with Crippen molar-refractivity contribution in [2.45, 2.75) is 6.42 Å². The second kappa shape index (κ2) is 7.11. The molecule has 0 bridgehead atoms. The number of carbonyl (C=O) groups is 1. The lowest BCUT2D eigenvalue weighted by molar-refractivity contribution is -0.115. The van der Waals surface area contributed by atoms with Crippen LogP contribution in [-0.2, 0) is 16.0 Å². The van der Waals surface area contributed by atoms with E-state index in [1.165, 1.54) is 5.56 Å². The van der Waals surface area contributed by atoms with Gasteiger partial charge in [0.1, 0.15) is 0 Å². The minimum Gasteiger partial charge on any atom is -0.378 e. The van der Waals surface area contributed by atoms with Crippen molar-refractivity contribution in [1.82, 2.24) is 4.98 Å². The molecule has 1 fully saturated rings. The Labute approximate surface area is 147 Å². The molecule has 0 aliphatic carbocycles. The highest BCUT2D eigenvalue weighted by Crippen LogP contribution is 2.28. The first-order valence-electron chi connectivity index (χ1n) is 8.72. The van der Waals surface area contributed by atoms with Crippen molar-refractivity contribution >= 4 is 23.1 Å². The molecule has 1 aromatic carbocycles. The molecule has 4 rings (SSSR count). The number of hydrogen-bond acceptors (Lipinski definition) is 5. The summed E-state index contributed by atoms with van der Waals surface area (Å²) in [7, 11) is 0. The van der Waals surface area contributed by atoms with Gasteiger partial charge in [0.2, 0.25) is 5.91 Å². The predicted octanol–water partition coefficient (Wildman–Crippen LogP) is 1.92. The molecular formula is C19H22N4O2. The van der Waals surface area contributed by atoms with Crippen LogP contribution in [0.2, 0.25) is 0 Å². The molecule has 0 atom stereocenters. The highest BCUT2D eigenvalue weighted by atomic mass is 16.5. The monoisotopic (exact) mass is 338 g/mol. The van der Waals surface area contributed by atoms with Crippen molar-refractivity contribution in [2.24, 2.45) is 0 Å². The van der Waals surface area contributed by atoms with Gasteiger partial charge in [0, 0.05) is 31.5 Å². The van der Waals surface area contributed by atoms with Crippen LogP contribution in [0.5, 0.6) is 0 Å². The maximum atomic E-state index is 12.6. The molecule has 6 nitrogen and oxygen atoms in total. The Kier molecular flexibility index (Phi) is 4.52.